The van der Waals surface area contributed by atoms with Crippen LogP contribution in [0.15, 0.2) is 71.6 Å². The molecule has 0 saturated carbocycles. The van der Waals surface area contributed by atoms with Crippen LogP contribution in [-0.4, -0.2) is 21.5 Å². The number of nitrogens with zero attached hydrogens (tertiary/aromatic N) is 3. The molecule has 2 heterocycles. The zero-order valence-corrected chi connectivity index (χ0v) is 15.1. The number of benzene rings is 2. The minimum absolute atomic E-state index is 0.783. The number of ether oxygens (including phenoxy) is 1. The highest BCUT2D eigenvalue weighted by atomic mass is 79.9. The number of anilines is 2. The van der Waals surface area contributed by atoms with Gasteiger partial charge in [0.25, 0.3) is 0 Å². The lowest BCUT2D eigenvalue weighted by Crippen LogP contribution is -1.97. The van der Waals surface area contributed by atoms with Crippen LogP contribution in [0.3, 0.4) is 0 Å². The highest BCUT2D eigenvalue weighted by Crippen LogP contribution is 2.32. The quantitative estimate of drug-likeness (QED) is 0.534. The van der Waals surface area contributed by atoms with Crippen molar-refractivity contribution in [1.82, 2.24) is 14.4 Å². The van der Waals surface area contributed by atoms with Gasteiger partial charge in [0.1, 0.15) is 17.3 Å². The van der Waals surface area contributed by atoms with E-state index in [9.17, 15) is 0 Å². The fourth-order valence-electron chi connectivity index (χ4n) is 2.67. The van der Waals surface area contributed by atoms with E-state index in [4.69, 9.17) is 9.72 Å². The number of halogens is 1. The molecule has 4 rings (SSSR count). The van der Waals surface area contributed by atoms with Crippen molar-refractivity contribution in [3.05, 3.63) is 71.6 Å². The number of nitrogens with one attached hydrogen (secondary N) is 1. The number of hydrogen-bond acceptors (Lipinski definition) is 4. The molecule has 4 aromatic rings. The molecular weight excluding hydrogens is 380 g/mol. The molecule has 1 N–H and O–H groups in total. The normalized spacial score (nSPS) is 10.8. The highest BCUT2D eigenvalue weighted by molar-refractivity contribution is 9.10. The van der Waals surface area contributed by atoms with E-state index in [2.05, 4.69) is 26.2 Å². The summed E-state index contributed by atoms with van der Waals surface area (Å²) in [4.78, 5) is 8.91. The molecule has 0 amide bonds. The second-order valence-electron chi connectivity index (χ2n) is 5.48. The van der Waals surface area contributed by atoms with Crippen LogP contribution in [-0.2, 0) is 0 Å². The first-order valence-electron chi connectivity index (χ1n) is 7.74. The second kappa shape index (κ2) is 6.57. The van der Waals surface area contributed by atoms with Crippen molar-refractivity contribution in [2.24, 2.45) is 0 Å². The molecule has 6 heteroatoms. The fraction of sp³-hybridized carbons (Fsp3) is 0.0526. The predicted octanol–water partition coefficient (Wildman–Crippen LogP) is 4.91. The van der Waals surface area contributed by atoms with E-state index in [0.717, 1.165) is 38.6 Å². The van der Waals surface area contributed by atoms with Gasteiger partial charge in [0.2, 0.25) is 0 Å². The first kappa shape index (κ1) is 15.7. The lowest BCUT2D eigenvalue weighted by molar-refractivity contribution is 0.415. The maximum Gasteiger partial charge on any atom is 0.157 e. The summed E-state index contributed by atoms with van der Waals surface area (Å²) < 4.78 is 8.33. The Kier molecular flexibility index (Phi) is 4.11. The molecule has 5 nitrogen and oxygen atoms in total. The predicted molar refractivity (Wildman–Crippen MR) is 102 cm³/mol. The summed E-state index contributed by atoms with van der Waals surface area (Å²) in [7, 11) is 1.66. The van der Waals surface area contributed by atoms with E-state index in [0.29, 0.717) is 0 Å². The number of methoxy groups -OCH3 is 1. The van der Waals surface area contributed by atoms with Crippen LogP contribution in [0.25, 0.3) is 16.9 Å². The highest BCUT2D eigenvalue weighted by Gasteiger charge is 2.14. The number of fused-ring (bicyclic) bond motifs is 1. The van der Waals surface area contributed by atoms with Gasteiger partial charge in [-0.3, -0.25) is 9.38 Å². The Bertz CT molecular complexity index is 1030. The van der Waals surface area contributed by atoms with E-state index < -0.39 is 0 Å². The maximum atomic E-state index is 5.31. The van der Waals surface area contributed by atoms with Gasteiger partial charge in [0.05, 0.1) is 13.3 Å². The lowest BCUT2D eigenvalue weighted by atomic mass is 10.1. The van der Waals surface area contributed by atoms with Gasteiger partial charge in [-0.05, 0) is 24.3 Å². The van der Waals surface area contributed by atoms with E-state index in [1.54, 1.807) is 19.5 Å². The smallest absolute Gasteiger partial charge is 0.157 e. The van der Waals surface area contributed by atoms with Crippen molar-refractivity contribution in [2.45, 2.75) is 0 Å². The minimum Gasteiger partial charge on any atom is -0.497 e. The third-order valence-electron chi connectivity index (χ3n) is 3.88. The Morgan fingerprint density at radius 2 is 1.96 bits per heavy atom. The largest absolute Gasteiger partial charge is 0.497 e. The molecule has 124 valence electrons. The Balaban J connectivity index is 1.85. The van der Waals surface area contributed by atoms with Gasteiger partial charge in [-0.2, -0.15) is 0 Å². The van der Waals surface area contributed by atoms with Gasteiger partial charge in [0, 0.05) is 34.2 Å². The Labute approximate surface area is 153 Å². The van der Waals surface area contributed by atoms with Gasteiger partial charge < -0.3 is 10.1 Å². The molecular formula is C19H15BrN4O. The van der Waals surface area contributed by atoms with Crippen molar-refractivity contribution in [3.63, 3.8) is 0 Å². The number of imidazole rings is 1. The minimum atomic E-state index is 0.783. The van der Waals surface area contributed by atoms with Crippen molar-refractivity contribution in [2.75, 3.05) is 12.4 Å². The second-order valence-corrected chi connectivity index (χ2v) is 6.39. The first-order valence-corrected chi connectivity index (χ1v) is 8.53. The summed E-state index contributed by atoms with van der Waals surface area (Å²) >= 11 is 3.48. The molecule has 2 aromatic carbocycles. The third-order valence-corrected chi connectivity index (χ3v) is 4.41. The van der Waals surface area contributed by atoms with Crippen LogP contribution in [0.1, 0.15) is 0 Å². The molecule has 0 radical (unpaired) electrons. The lowest BCUT2D eigenvalue weighted by Gasteiger charge is -2.10. The molecule has 0 aliphatic heterocycles. The number of hydrogen-bond donors (Lipinski definition) is 1. The SMILES string of the molecule is COc1cccc(Nc2c(-c3ccc(Br)cc3)nc3cnccn23)c1. The summed E-state index contributed by atoms with van der Waals surface area (Å²) in [5, 5.41) is 3.46. The molecule has 0 aliphatic rings. The zero-order chi connectivity index (χ0) is 17.2. The van der Waals surface area contributed by atoms with Crippen molar-refractivity contribution in [3.8, 4) is 17.0 Å². The van der Waals surface area contributed by atoms with Crippen LogP contribution in [0.4, 0.5) is 11.5 Å². The van der Waals surface area contributed by atoms with Gasteiger partial charge in [0.15, 0.2) is 5.65 Å². The molecule has 0 aliphatic carbocycles. The Morgan fingerprint density at radius 1 is 1.12 bits per heavy atom. The summed E-state index contributed by atoms with van der Waals surface area (Å²) in [5.74, 6) is 1.68. The Hall–Kier alpha value is -2.86. The fourth-order valence-corrected chi connectivity index (χ4v) is 2.94. The van der Waals surface area contributed by atoms with Crippen LogP contribution < -0.4 is 10.1 Å². The molecule has 0 spiro atoms. The third kappa shape index (κ3) is 3.08. The molecule has 0 fully saturated rings. The van der Waals surface area contributed by atoms with E-state index in [1.807, 2.05) is 59.1 Å². The van der Waals surface area contributed by atoms with Gasteiger partial charge in [-0.1, -0.05) is 34.1 Å². The Morgan fingerprint density at radius 3 is 2.76 bits per heavy atom. The standard InChI is InChI=1S/C19H15BrN4O/c1-25-16-4-2-3-15(11-16)22-19-18(13-5-7-14(20)8-6-13)23-17-12-21-9-10-24(17)19/h2-12,22H,1H3. The summed E-state index contributed by atoms with van der Waals surface area (Å²) in [6.45, 7) is 0. The number of rotatable bonds is 4. The monoisotopic (exact) mass is 394 g/mol. The average Bonchev–Trinajstić information content (AvgIpc) is 3.01. The van der Waals surface area contributed by atoms with Crippen LogP contribution in [0, 0.1) is 0 Å². The van der Waals surface area contributed by atoms with Crippen molar-refractivity contribution in [1.29, 1.82) is 0 Å². The van der Waals surface area contributed by atoms with Gasteiger partial charge in [-0.25, -0.2) is 4.98 Å². The molecule has 2 aromatic heterocycles. The molecule has 0 unspecified atom stereocenters. The van der Waals surface area contributed by atoms with E-state index in [-0.39, 0.29) is 0 Å². The van der Waals surface area contributed by atoms with Gasteiger partial charge >= 0.3 is 0 Å². The number of aromatic nitrogens is 3. The molecule has 25 heavy (non-hydrogen) atoms. The maximum absolute atomic E-state index is 5.31. The summed E-state index contributed by atoms with van der Waals surface area (Å²) in [6, 6.07) is 15.9. The average molecular weight is 395 g/mol. The summed E-state index contributed by atoms with van der Waals surface area (Å²) in [6.07, 6.45) is 5.39. The van der Waals surface area contributed by atoms with Crippen LogP contribution in [0.2, 0.25) is 0 Å². The van der Waals surface area contributed by atoms with E-state index >= 15 is 0 Å². The van der Waals surface area contributed by atoms with Gasteiger partial charge in [-0.15, -0.1) is 0 Å². The first-order chi connectivity index (χ1) is 12.2. The van der Waals surface area contributed by atoms with Crippen molar-refractivity contribution < 1.29 is 4.74 Å². The van der Waals surface area contributed by atoms with E-state index in [1.165, 1.54) is 0 Å². The van der Waals surface area contributed by atoms with Crippen LogP contribution >= 0.6 is 15.9 Å². The van der Waals surface area contributed by atoms with Crippen LogP contribution in [0.5, 0.6) is 5.75 Å². The topological polar surface area (TPSA) is 51.5 Å². The molecule has 0 bridgehead atoms. The summed E-state index contributed by atoms with van der Waals surface area (Å²) in [5.41, 5.74) is 3.60. The molecule has 0 saturated heterocycles. The molecule has 0 atom stereocenters. The zero-order valence-electron chi connectivity index (χ0n) is 13.5. The van der Waals surface area contributed by atoms with Crippen molar-refractivity contribution >= 4 is 33.1 Å².